The summed E-state index contributed by atoms with van der Waals surface area (Å²) in [5.41, 5.74) is 1.90. The standard InChI is InChI=1S/C17H24N4O/c1-4-5-6-11-18-17-19-13(2)12-16(21-17)20-14-7-9-15(22-3)10-8-14/h7-10,12H,4-6,11H2,1-3H3,(H2,18,19,20,21). The number of rotatable bonds is 8. The summed E-state index contributed by atoms with van der Waals surface area (Å²) in [6.07, 6.45) is 3.56. The zero-order valence-electron chi connectivity index (χ0n) is 13.5. The van der Waals surface area contributed by atoms with Gasteiger partial charge in [0.15, 0.2) is 0 Å². The minimum atomic E-state index is 0.673. The Hall–Kier alpha value is -2.30. The molecule has 0 spiro atoms. The highest BCUT2D eigenvalue weighted by molar-refractivity contribution is 5.58. The van der Waals surface area contributed by atoms with Gasteiger partial charge in [-0.05, 0) is 37.6 Å². The normalized spacial score (nSPS) is 10.3. The molecule has 0 amide bonds. The molecule has 118 valence electrons. The molecule has 0 atom stereocenters. The molecule has 0 aliphatic heterocycles. The van der Waals surface area contributed by atoms with Crippen molar-refractivity contribution in [1.29, 1.82) is 0 Å². The van der Waals surface area contributed by atoms with Crippen molar-refractivity contribution in [2.24, 2.45) is 0 Å². The number of nitrogens with one attached hydrogen (secondary N) is 2. The highest BCUT2D eigenvalue weighted by Crippen LogP contribution is 2.19. The molecule has 0 radical (unpaired) electrons. The monoisotopic (exact) mass is 300 g/mol. The van der Waals surface area contributed by atoms with Gasteiger partial charge in [0.1, 0.15) is 11.6 Å². The maximum atomic E-state index is 5.16. The Morgan fingerprint density at radius 2 is 1.86 bits per heavy atom. The SMILES string of the molecule is CCCCCNc1nc(C)cc(Nc2ccc(OC)cc2)n1. The molecule has 5 heteroatoms. The quantitative estimate of drug-likeness (QED) is 0.718. The van der Waals surface area contributed by atoms with Crippen LogP contribution in [0.25, 0.3) is 0 Å². The third-order valence-corrected chi connectivity index (χ3v) is 3.28. The number of aryl methyl sites for hydroxylation is 1. The number of hydrogen-bond acceptors (Lipinski definition) is 5. The number of anilines is 3. The van der Waals surface area contributed by atoms with Crippen LogP contribution in [-0.2, 0) is 0 Å². The van der Waals surface area contributed by atoms with Gasteiger partial charge in [-0.1, -0.05) is 19.8 Å². The Bertz CT molecular complexity index is 584. The van der Waals surface area contributed by atoms with Gasteiger partial charge in [-0.25, -0.2) is 4.98 Å². The van der Waals surface area contributed by atoms with Crippen molar-refractivity contribution in [2.75, 3.05) is 24.3 Å². The lowest BCUT2D eigenvalue weighted by Gasteiger charge is -2.10. The summed E-state index contributed by atoms with van der Waals surface area (Å²) in [5, 5.41) is 6.57. The fourth-order valence-electron chi connectivity index (χ4n) is 2.11. The first kappa shape index (κ1) is 16.1. The molecule has 1 heterocycles. The number of benzene rings is 1. The van der Waals surface area contributed by atoms with Gasteiger partial charge >= 0.3 is 0 Å². The first-order valence-electron chi connectivity index (χ1n) is 7.72. The second-order valence-electron chi connectivity index (χ2n) is 5.21. The highest BCUT2D eigenvalue weighted by atomic mass is 16.5. The first-order valence-corrected chi connectivity index (χ1v) is 7.72. The van der Waals surface area contributed by atoms with Gasteiger partial charge < -0.3 is 15.4 Å². The highest BCUT2D eigenvalue weighted by Gasteiger charge is 2.03. The molecule has 2 aromatic rings. The lowest BCUT2D eigenvalue weighted by Crippen LogP contribution is -2.07. The Kier molecular flexibility index (Phi) is 6.01. The summed E-state index contributed by atoms with van der Waals surface area (Å²) < 4.78 is 5.16. The molecule has 0 bridgehead atoms. The van der Waals surface area contributed by atoms with Crippen molar-refractivity contribution in [3.63, 3.8) is 0 Å². The zero-order valence-corrected chi connectivity index (χ0v) is 13.5. The predicted molar refractivity (Wildman–Crippen MR) is 91.1 cm³/mol. The Labute approximate surface area is 132 Å². The number of unbranched alkanes of at least 4 members (excludes halogenated alkanes) is 2. The van der Waals surface area contributed by atoms with Gasteiger partial charge in [-0.15, -0.1) is 0 Å². The van der Waals surface area contributed by atoms with Crippen molar-refractivity contribution in [2.45, 2.75) is 33.1 Å². The molecule has 0 unspecified atom stereocenters. The van der Waals surface area contributed by atoms with Gasteiger partial charge in [0.2, 0.25) is 5.95 Å². The molecule has 0 aliphatic rings. The minimum absolute atomic E-state index is 0.673. The maximum absolute atomic E-state index is 5.16. The van der Waals surface area contributed by atoms with E-state index in [1.54, 1.807) is 7.11 Å². The van der Waals surface area contributed by atoms with Crippen LogP contribution in [0.1, 0.15) is 31.9 Å². The summed E-state index contributed by atoms with van der Waals surface area (Å²) in [4.78, 5) is 8.92. The molecule has 2 rings (SSSR count). The van der Waals surface area contributed by atoms with Crippen LogP contribution in [0.4, 0.5) is 17.5 Å². The predicted octanol–water partition coefficient (Wildman–Crippen LogP) is 4.14. The van der Waals surface area contributed by atoms with Gasteiger partial charge in [0.25, 0.3) is 0 Å². The molecule has 0 saturated carbocycles. The first-order chi connectivity index (χ1) is 10.7. The number of aromatic nitrogens is 2. The maximum Gasteiger partial charge on any atom is 0.224 e. The molecule has 0 aliphatic carbocycles. The van der Waals surface area contributed by atoms with E-state index in [-0.39, 0.29) is 0 Å². The molecule has 0 fully saturated rings. The third kappa shape index (κ3) is 4.91. The summed E-state index contributed by atoms with van der Waals surface area (Å²) in [7, 11) is 1.66. The minimum Gasteiger partial charge on any atom is -0.497 e. The molecule has 22 heavy (non-hydrogen) atoms. The van der Waals surface area contributed by atoms with Crippen molar-refractivity contribution in [1.82, 2.24) is 9.97 Å². The molecular weight excluding hydrogens is 276 g/mol. The van der Waals surface area contributed by atoms with Crippen molar-refractivity contribution < 1.29 is 4.74 Å². The Morgan fingerprint density at radius 3 is 2.55 bits per heavy atom. The molecule has 1 aromatic carbocycles. The fourth-order valence-corrected chi connectivity index (χ4v) is 2.11. The largest absolute Gasteiger partial charge is 0.497 e. The third-order valence-electron chi connectivity index (χ3n) is 3.28. The molecule has 0 saturated heterocycles. The van der Waals surface area contributed by atoms with Crippen LogP contribution < -0.4 is 15.4 Å². The number of nitrogens with zero attached hydrogens (tertiary/aromatic N) is 2. The van der Waals surface area contributed by atoms with Crippen molar-refractivity contribution >= 4 is 17.5 Å². The summed E-state index contributed by atoms with van der Waals surface area (Å²) in [6, 6.07) is 9.69. The van der Waals surface area contributed by atoms with Crippen LogP contribution in [0.5, 0.6) is 5.75 Å². The van der Waals surface area contributed by atoms with E-state index >= 15 is 0 Å². The zero-order chi connectivity index (χ0) is 15.8. The van der Waals surface area contributed by atoms with Crippen LogP contribution in [0.2, 0.25) is 0 Å². The van der Waals surface area contributed by atoms with Crippen LogP contribution >= 0.6 is 0 Å². The second kappa shape index (κ2) is 8.22. The molecule has 1 aromatic heterocycles. The van der Waals surface area contributed by atoms with E-state index < -0.39 is 0 Å². The van der Waals surface area contributed by atoms with Crippen LogP contribution in [-0.4, -0.2) is 23.6 Å². The van der Waals surface area contributed by atoms with Crippen LogP contribution in [0.15, 0.2) is 30.3 Å². The topological polar surface area (TPSA) is 59.1 Å². The average molecular weight is 300 g/mol. The van der Waals surface area contributed by atoms with E-state index in [1.165, 1.54) is 12.8 Å². The van der Waals surface area contributed by atoms with Gasteiger partial charge in [-0.2, -0.15) is 4.98 Å². The molecule has 2 N–H and O–H groups in total. The van der Waals surface area contributed by atoms with E-state index in [2.05, 4.69) is 27.5 Å². The van der Waals surface area contributed by atoms with Gasteiger partial charge in [0.05, 0.1) is 7.11 Å². The van der Waals surface area contributed by atoms with Crippen LogP contribution in [0, 0.1) is 6.92 Å². The number of ether oxygens (including phenoxy) is 1. The number of hydrogen-bond donors (Lipinski definition) is 2. The Balaban J connectivity index is 2.01. The van der Waals surface area contributed by atoms with E-state index in [0.717, 1.165) is 35.9 Å². The Morgan fingerprint density at radius 1 is 1.09 bits per heavy atom. The van der Waals surface area contributed by atoms with E-state index in [9.17, 15) is 0 Å². The van der Waals surface area contributed by atoms with Gasteiger partial charge in [0, 0.05) is 24.0 Å². The second-order valence-corrected chi connectivity index (χ2v) is 5.21. The van der Waals surface area contributed by atoms with E-state index in [0.29, 0.717) is 5.95 Å². The smallest absolute Gasteiger partial charge is 0.224 e. The van der Waals surface area contributed by atoms with E-state index in [1.807, 2.05) is 37.3 Å². The number of methoxy groups -OCH3 is 1. The van der Waals surface area contributed by atoms with Crippen molar-refractivity contribution in [3.8, 4) is 5.75 Å². The van der Waals surface area contributed by atoms with Gasteiger partial charge in [-0.3, -0.25) is 0 Å². The summed E-state index contributed by atoms with van der Waals surface area (Å²) in [5.74, 6) is 2.30. The average Bonchev–Trinajstić information content (AvgIpc) is 2.52. The lowest BCUT2D eigenvalue weighted by molar-refractivity contribution is 0.415. The van der Waals surface area contributed by atoms with Crippen molar-refractivity contribution in [3.05, 3.63) is 36.0 Å². The summed E-state index contributed by atoms with van der Waals surface area (Å²) >= 11 is 0. The molecular formula is C17H24N4O. The molecule has 5 nitrogen and oxygen atoms in total. The summed E-state index contributed by atoms with van der Waals surface area (Å²) in [6.45, 7) is 5.07. The van der Waals surface area contributed by atoms with E-state index in [4.69, 9.17) is 4.74 Å². The van der Waals surface area contributed by atoms with Crippen LogP contribution in [0.3, 0.4) is 0 Å². The lowest BCUT2D eigenvalue weighted by atomic mass is 10.2. The fraction of sp³-hybridized carbons (Fsp3) is 0.412.